The van der Waals surface area contributed by atoms with Crippen LogP contribution in [0.15, 0.2) is 60.2 Å². The van der Waals surface area contributed by atoms with Crippen LogP contribution in [0.4, 0.5) is 15.9 Å². The van der Waals surface area contributed by atoms with E-state index >= 15 is 0 Å². The first-order valence-corrected chi connectivity index (χ1v) is 14.7. The van der Waals surface area contributed by atoms with Crippen LogP contribution in [-0.4, -0.2) is 58.1 Å². The maximum absolute atomic E-state index is 14.7. The van der Waals surface area contributed by atoms with E-state index in [0.29, 0.717) is 24.1 Å². The zero-order valence-corrected chi connectivity index (χ0v) is 24.9. The fourth-order valence-electron chi connectivity index (χ4n) is 5.92. The number of aliphatic hydroxyl groups excluding tert-OH is 1. The average Bonchev–Trinajstić information content (AvgIpc) is 3.35. The molecule has 3 aromatic rings. The molecule has 0 bridgehead atoms. The van der Waals surface area contributed by atoms with Crippen LogP contribution in [0.25, 0.3) is 22.0 Å². The first kappa shape index (κ1) is 30.1. The van der Waals surface area contributed by atoms with E-state index in [0.717, 1.165) is 59.5 Å². The number of hydrogen-bond acceptors (Lipinski definition) is 8. The van der Waals surface area contributed by atoms with Crippen LogP contribution < -0.4 is 9.80 Å². The normalized spacial score (nSPS) is 19.4. The summed E-state index contributed by atoms with van der Waals surface area (Å²) in [4.78, 5) is 30.7. The van der Waals surface area contributed by atoms with Crippen LogP contribution in [0.2, 0.25) is 0 Å². The molecule has 0 saturated carbocycles. The van der Waals surface area contributed by atoms with Gasteiger partial charge >= 0.3 is 0 Å². The molecule has 0 radical (unpaired) electrons. The predicted octanol–water partition coefficient (Wildman–Crippen LogP) is 5.92. The number of anilines is 2. The number of para-hydroxylation sites is 1. The number of piperidine rings is 1. The Bertz CT molecular complexity index is 1610. The van der Waals surface area contributed by atoms with E-state index in [1.807, 2.05) is 38.1 Å². The molecule has 2 atom stereocenters. The number of rotatable bonds is 9. The molecule has 2 unspecified atom stereocenters. The van der Waals surface area contributed by atoms with Crippen LogP contribution in [0.5, 0.6) is 0 Å². The van der Waals surface area contributed by atoms with Crippen LogP contribution in [0.1, 0.15) is 58.4 Å². The Morgan fingerprint density at radius 2 is 2.05 bits per heavy atom. The number of alkyl halides is 1. The third-order valence-electron chi connectivity index (χ3n) is 8.45. The Balaban J connectivity index is 1.34. The second kappa shape index (κ2) is 12.5. The number of halogens is 1. The molecule has 224 valence electrons. The molecule has 0 spiro atoms. The highest BCUT2D eigenvalue weighted by Gasteiger charge is 2.31. The number of aromatic nitrogens is 2. The maximum atomic E-state index is 14.7. The predicted molar refractivity (Wildman–Crippen MR) is 165 cm³/mol. The van der Waals surface area contributed by atoms with Gasteiger partial charge in [-0.25, -0.2) is 14.4 Å². The van der Waals surface area contributed by atoms with E-state index in [2.05, 4.69) is 32.7 Å². The van der Waals surface area contributed by atoms with Gasteiger partial charge in [-0.2, -0.15) is 5.26 Å². The number of nitriles is 1. The van der Waals surface area contributed by atoms with Gasteiger partial charge in [-0.05, 0) is 56.9 Å². The van der Waals surface area contributed by atoms with Gasteiger partial charge in [0, 0.05) is 30.0 Å². The van der Waals surface area contributed by atoms with Crippen LogP contribution in [-0.2, 0) is 9.63 Å². The quantitative estimate of drug-likeness (QED) is 0.189. The molecule has 2 saturated heterocycles. The van der Waals surface area contributed by atoms with Gasteiger partial charge in [0.15, 0.2) is 11.4 Å². The highest BCUT2D eigenvalue weighted by molar-refractivity contribution is 6.01. The van der Waals surface area contributed by atoms with Gasteiger partial charge in [0.1, 0.15) is 18.2 Å². The van der Waals surface area contributed by atoms with Crippen molar-refractivity contribution in [1.29, 1.82) is 5.26 Å². The lowest BCUT2D eigenvalue weighted by atomic mass is 9.92. The fourth-order valence-corrected chi connectivity index (χ4v) is 5.92. The average molecular weight is 585 g/mol. The second-order valence-corrected chi connectivity index (χ2v) is 11.6. The first-order valence-electron chi connectivity index (χ1n) is 14.7. The van der Waals surface area contributed by atoms with E-state index in [4.69, 9.17) is 4.84 Å². The number of nitrogens with zero attached hydrogens (tertiary/aromatic N) is 6. The second-order valence-electron chi connectivity index (χ2n) is 11.6. The van der Waals surface area contributed by atoms with Crippen LogP contribution in [0.3, 0.4) is 0 Å². The Kier molecular flexibility index (Phi) is 8.74. The summed E-state index contributed by atoms with van der Waals surface area (Å²) >= 11 is 0. The monoisotopic (exact) mass is 584 g/mol. The molecule has 1 N–H and O–H groups in total. The number of hydrogen-bond donors (Lipinski definition) is 1. The van der Waals surface area contributed by atoms with Crippen molar-refractivity contribution in [1.82, 2.24) is 9.97 Å². The van der Waals surface area contributed by atoms with Crippen molar-refractivity contribution < 1.29 is 19.1 Å². The van der Waals surface area contributed by atoms with Crippen LogP contribution >= 0.6 is 0 Å². The van der Waals surface area contributed by atoms with E-state index in [-0.39, 0.29) is 30.5 Å². The smallest absolute Gasteiger partial charge is 0.229 e. The lowest BCUT2D eigenvalue weighted by Gasteiger charge is -2.33. The summed E-state index contributed by atoms with van der Waals surface area (Å²) in [5.74, 6) is 0.883. The summed E-state index contributed by atoms with van der Waals surface area (Å²) < 4.78 is 14.7. The van der Waals surface area contributed by atoms with E-state index < -0.39 is 11.8 Å². The van der Waals surface area contributed by atoms with Gasteiger partial charge in [0.05, 0.1) is 41.5 Å². The molecule has 3 heterocycles. The number of allylic oxidation sites excluding steroid dienone is 1. The van der Waals surface area contributed by atoms with Crippen molar-refractivity contribution in [3.63, 3.8) is 0 Å². The van der Waals surface area contributed by atoms with Gasteiger partial charge in [0.2, 0.25) is 5.91 Å². The minimum Gasteiger partial charge on any atom is -0.391 e. The molecule has 1 amide bonds. The topological polar surface area (TPSA) is 115 Å². The molecular weight excluding hydrogens is 547 g/mol. The summed E-state index contributed by atoms with van der Waals surface area (Å²) in [6.07, 6.45) is 3.60. The number of β-amino-alcohol motifs (C(OH)–C–C–N with tert-alkyl or cyclic N) is 1. The lowest BCUT2D eigenvalue weighted by Crippen LogP contribution is -2.36. The fraction of sp³-hybridized carbons (Fsp3) is 0.424. The van der Waals surface area contributed by atoms with Gasteiger partial charge in [-0.1, -0.05) is 43.3 Å². The molecule has 43 heavy (non-hydrogen) atoms. The van der Waals surface area contributed by atoms with Gasteiger partial charge in [-0.3, -0.25) is 4.79 Å². The summed E-state index contributed by atoms with van der Waals surface area (Å²) in [7, 11) is 0. The Labute approximate surface area is 251 Å². The molecule has 2 aliphatic heterocycles. The minimum absolute atomic E-state index is 0.0364. The van der Waals surface area contributed by atoms with Crippen LogP contribution in [0, 0.1) is 17.2 Å². The number of fused-ring (bicyclic) bond motifs is 1. The molecule has 10 heteroatoms. The molecule has 9 nitrogen and oxygen atoms in total. The van der Waals surface area contributed by atoms with Crippen molar-refractivity contribution in [3.8, 4) is 17.2 Å². The SMILES string of the molecule is C=C(O/N=C(\C)C1CCN(c2ncnc3c(-c4ccc(N5CC(O)CC5=O)c(C#N)c4)cccc23)CC1)C(C)(F)CCC. The minimum atomic E-state index is -1.61. The summed E-state index contributed by atoms with van der Waals surface area (Å²) in [6, 6.07) is 13.5. The summed E-state index contributed by atoms with van der Waals surface area (Å²) in [5, 5.41) is 24.9. The van der Waals surface area contributed by atoms with Crippen molar-refractivity contribution in [2.24, 2.45) is 11.1 Å². The lowest BCUT2D eigenvalue weighted by molar-refractivity contribution is -0.117. The highest BCUT2D eigenvalue weighted by atomic mass is 19.1. The standard InChI is InChI=1S/C33H37FN6O3/c1-5-13-33(4,34)22(3)43-38-21(2)23-11-14-39(15-12-23)32-28-8-6-7-27(31(28)36-20-37-32)24-9-10-29(25(16-24)18-35)40-19-26(41)17-30(40)42/h6-10,16,20,23,26,41H,3,5,11-15,17,19H2,1-2,4H3/b38-21+. The maximum Gasteiger partial charge on any atom is 0.229 e. The number of carbonyl (C=O) groups is 1. The summed E-state index contributed by atoms with van der Waals surface area (Å²) in [6.45, 7) is 10.7. The zero-order valence-electron chi connectivity index (χ0n) is 24.9. The van der Waals surface area contributed by atoms with Crippen molar-refractivity contribution in [3.05, 3.63) is 60.6 Å². The number of oxime groups is 1. The molecule has 2 aromatic carbocycles. The number of amides is 1. The van der Waals surface area contributed by atoms with Gasteiger partial charge in [-0.15, -0.1) is 0 Å². The Morgan fingerprint density at radius 3 is 2.72 bits per heavy atom. The Hall–Kier alpha value is -4.36. The molecule has 2 aliphatic rings. The van der Waals surface area contributed by atoms with E-state index in [9.17, 15) is 19.6 Å². The van der Waals surface area contributed by atoms with Gasteiger partial charge in [0.25, 0.3) is 0 Å². The molecule has 2 fully saturated rings. The number of benzene rings is 2. The van der Waals surface area contributed by atoms with Crippen molar-refractivity contribution >= 4 is 34.0 Å². The molecule has 5 rings (SSSR count). The summed E-state index contributed by atoms with van der Waals surface area (Å²) in [5.41, 5.74) is 2.51. The number of carbonyl (C=O) groups excluding carboxylic acids is 1. The van der Waals surface area contributed by atoms with Crippen molar-refractivity contribution in [2.75, 3.05) is 29.4 Å². The third-order valence-corrected chi connectivity index (χ3v) is 8.45. The largest absolute Gasteiger partial charge is 0.391 e. The molecule has 1 aromatic heterocycles. The van der Waals surface area contributed by atoms with E-state index in [1.165, 1.54) is 11.8 Å². The zero-order chi connectivity index (χ0) is 30.7. The highest BCUT2D eigenvalue weighted by Crippen LogP contribution is 2.36. The first-order chi connectivity index (χ1) is 20.6. The van der Waals surface area contributed by atoms with E-state index in [1.54, 1.807) is 18.5 Å². The van der Waals surface area contributed by atoms with Crippen molar-refractivity contribution in [2.45, 2.75) is 64.6 Å². The molecular formula is C33H37FN6O3. The van der Waals surface area contributed by atoms with Gasteiger partial charge < -0.3 is 19.7 Å². The number of aliphatic hydroxyl groups is 1. The molecule has 0 aliphatic carbocycles. The third kappa shape index (κ3) is 6.22. The Morgan fingerprint density at radius 1 is 1.28 bits per heavy atom.